The summed E-state index contributed by atoms with van der Waals surface area (Å²) >= 11 is 0. The molecule has 18 heavy (non-hydrogen) atoms. The molecule has 0 rings (SSSR count). The Morgan fingerprint density at radius 3 is 1.78 bits per heavy atom. The molecule has 0 fully saturated rings. The smallest absolute Gasteiger partial charge is 0.200 e. The second-order valence-corrected chi connectivity index (χ2v) is 11.5. The Bertz CT molecular complexity index is 225. The lowest BCUT2D eigenvalue weighted by molar-refractivity contribution is 0.217. The summed E-state index contributed by atoms with van der Waals surface area (Å²) in [5.41, 5.74) is 1.84. The minimum absolute atomic E-state index is 0.332. The Morgan fingerprint density at radius 1 is 1.00 bits per heavy atom. The van der Waals surface area contributed by atoms with Crippen LogP contribution in [0.5, 0.6) is 0 Å². The molecule has 0 spiro atoms. The van der Waals surface area contributed by atoms with Gasteiger partial charge in [-0.05, 0) is 23.0 Å². The van der Waals surface area contributed by atoms with Crippen molar-refractivity contribution in [3.8, 4) is 0 Å². The number of rotatable bonds is 8. The van der Waals surface area contributed by atoms with Crippen molar-refractivity contribution in [1.29, 1.82) is 0 Å². The maximum absolute atomic E-state index is 9.48. The number of hydrogen-bond acceptors (Lipinski definition) is 2. The first kappa shape index (κ1) is 17.9. The molecule has 0 amide bonds. The summed E-state index contributed by atoms with van der Waals surface area (Å²) in [6.07, 6.45) is 4.25. The molecule has 0 saturated carbocycles. The van der Waals surface area contributed by atoms with Gasteiger partial charge in [0.25, 0.3) is 0 Å². The van der Waals surface area contributed by atoms with Gasteiger partial charge in [-0.3, -0.25) is 0 Å². The van der Waals surface area contributed by atoms with E-state index in [2.05, 4.69) is 41.5 Å². The molecule has 0 saturated heterocycles. The van der Waals surface area contributed by atoms with Crippen molar-refractivity contribution in [2.75, 3.05) is 6.61 Å². The van der Waals surface area contributed by atoms with E-state index in [1.54, 1.807) is 0 Å². The second-order valence-electron chi connectivity index (χ2n) is 6.03. The highest BCUT2D eigenvalue weighted by Crippen LogP contribution is 2.42. The zero-order valence-corrected chi connectivity index (χ0v) is 14.2. The highest BCUT2D eigenvalue weighted by Gasteiger charge is 2.44. The Labute approximate surface area is 115 Å². The van der Waals surface area contributed by atoms with E-state index in [9.17, 15) is 5.11 Å². The Balaban J connectivity index is 4.67. The normalized spacial score (nSPS) is 15.3. The van der Waals surface area contributed by atoms with Gasteiger partial charge in [0, 0.05) is 0 Å². The predicted molar refractivity (Wildman–Crippen MR) is 82.4 cm³/mol. The van der Waals surface area contributed by atoms with E-state index in [-0.39, 0.29) is 6.10 Å². The number of aliphatic hydroxyl groups is 1. The minimum Gasteiger partial charge on any atom is -0.412 e. The first-order valence-electron chi connectivity index (χ1n) is 7.27. The average molecular weight is 273 g/mol. The zero-order valence-electron chi connectivity index (χ0n) is 13.2. The van der Waals surface area contributed by atoms with Crippen molar-refractivity contribution in [2.24, 2.45) is 0 Å². The van der Waals surface area contributed by atoms with E-state index in [1.807, 2.05) is 19.1 Å². The maximum atomic E-state index is 9.48. The Kier molecular flexibility index (Phi) is 8.07. The molecule has 0 radical (unpaired) electrons. The van der Waals surface area contributed by atoms with Crippen LogP contribution in [-0.2, 0) is 4.43 Å². The quantitative estimate of drug-likeness (QED) is 0.520. The lowest BCUT2D eigenvalue weighted by Crippen LogP contribution is -2.47. The van der Waals surface area contributed by atoms with Gasteiger partial charge in [-0.2, -0.15) is 0 Å². The van der Waals surface area contributed by atoms with Gasteiger partial charge in [-0.1, -0.05) is 60.6 Å². The summed E-state index contributed by atoms with van der Waals surface area (Å²) in [5, 5.41) is 9.48. The van der Waals surface area contributed by atoms with Gasteiger partial charge in [0.05, 0.1) is 12.7 Å². The Morgan fingerprint density at radius 2 is 1.44 bits per heavy atom. The van der Waals surface area contributed by atoms with Crippen molar-refractivity contribution in [1.82, 2.24) is 0 Å². The molecule has 0 aliphatic rings. The van der Waals surface area contributed by atoms with Crippen LogP contribution in [0.2, 0.25) is 16.6 Å². The monoisotopic (exact) mass is 272 g/mol. The van der Waals surface area contributed by atoms with Crippen LogP contribution in [0, 0.1) is 0 Å². The molecular weight excluding hydrogens is 240 g/mol. The number of hydrogen-bond donors (Lipinski definition) is 1. The Hall–Kier alpha value is -0.123. The van der Waals surface area contributed by atoms with Gasteiger partial charge in [-0.25, -0.2) is 0 Å². The van der Waals surface area contributed by atoms with E-state index < -0.39 is 8.32 Å². The van der Waals surface area contributed by atoms with Crippen LogP contribution >= 0.6 is 0 Å². The van der Waals surface area contributed by atoms with Crippen LogP contribution in [0.4, 0.5) is 0 Å². The third-order valence-corrected chi connectivity index (χ3v) is 9.99. The summed E-state index contributed by atoms with van der Waals surface area (Å²) < 4.78 is 6.35. The van der Waals surface area contributed by atoms with E-state index in [0.29, 0.717) is 23.2 Å². The third kappa shape index (κ3) is 4.52. The van der Waals surface area contributed by atoms with Crippen LogP contribution in [0.25, 0.3) is 0 Å². The van der Waals surface area contributed by atoms with Crippen molar-refractivity contribution in [3.05, 3.63) is 12.2 Å². The standard InChI is InChI=1S/C15H32O2Si/c1-8-15(16)10-9-11-17-18(12(2)3,13(4)5)14(6)7/h9-10,12-16H,8,11H2,1-7H3/b10-9+/t15-/m0/s1. The molecule has 0 aliphatic carbocycles. The summed E-state index contributed by atoms with van der Waals surface area (Å²) in [6.45, 7) is 16.3. The summed E-state index contributed by atoms with van der Waals surface area (Å²) in [7, 11) is -1.74. The molecule has 0 aromatic carbocycles. The van der Waals surface area contributed by atoms with Crippen molar-refractivity contribution in [2.45, 2.75) is 77.6 Å². The fourth-order valence-corrected chi connectivity index (χ4v) is 8.43. The van der Waals surface area contributed by atoms with E-state index in [0.717, 1.165) is 6.42 Å². The van der Waals surface area contributed by atoms with Crippen LogP contribution in [-0.4, -0.2) is 26.1 Å². The van der Waals surface area contributed by atoms with Crippen molar-refractivity contribution < 1.29 is 9.53 Å². The molecule has 0 aromatic rings. The molecule has 0 aliphatic heterocycles. The molecule has 1 atom stereocenters. The van der Waals surface area contributed by atoms with Gasteiger partial charge in [-0.15, -0.1) is 0 Å². The first-order chi connectivity index (χ1) is 8.28. The SMILES string of the molecule is CC[C@H](O)/C=C/CO[Si](C(C)C)(C(C)C)C(C)C. The molecule has 2 nitrogen and oxygen atoms in total. The molecule has 1 N–H and O–H groups in total. The fraction of sp³-hybridized carbons (Fsp3) is 0.867. The molecule has 0 heterocycles. The van der Waals surface area contributed by atoms with Gasteiger partial charge < -0.3 is 9.53 Å². The van der Waals surface area contributed by atoms with Gasteiger partial charge >= 0.3 is 0 Å². The van der Waals surface area contributed by atoms with Gasteiger partial charge in [0.2, 0.25) is 8.32 Å². The van der Waals surface area contributed by atoms with Crippen LogP contribution in [0.3, 0.4) is 0 Å². The third-order valence-electron chi connectivity index (χ3n) is 3.91. The summed E-state index contributed by atoms with van der Waals surface area (Å²) in [4.78, 5) is 0. The molecule has 108 valence electrons. The molecule has 0 unspecified atom stereocenters. The summed E-state index contributed by atoms with van der Waals surface area (Å²) in [5.74, 6) is 0. The number of aliphatic hydroxyl groups excluding tert-OH is 1. The summed E-state index contributed by atoms with van der Waals surface area (Å²) in [6, 6.07) is 0. The fourth-order valence-electron chi connectivity index (χ4n) is 3.04. The lowest BCUT2D eigenvalue weighted by Gasteiger charge is -2.41. The average Bonchev–Trinajstić information content (AvgIpc) is 2.27. The van der Waals surface area contributed by atoms with Gasteiger partial charge in [0.15, 0.2) is 0 Å². The van der Waals surface area contributed by atoms with Crippen LogP contribution in [0.15, 0.2) is 12.2 Å². The van der Waals surface area contributed by atoms with E-state index in [4.69, 9.17) is 4.43 Å². The highest BCUT2D eigenvalue weighted by molar-refractivity contribution is 6.77. The van der Waals surface area contributed by atoms with Crippen molar-refractivity contribution >= 4 is 8.32 Å². The van der Waals surface area contributed by atoms with Crippen LogP contribution < -0.4 is 0 Å². The van der Waals surface area contributed by atoms with Crippen molar-refractivity contribution in [3.63, 3.8) is 0 Å². The van der Waals surface area contributed by atoms with Crippen LogP contribution in [0.1, 0.15) is 54.9 Å². The molecule has 3 heteroatoms. The van der Waals surface area contributed by atoms with Gasteiger partial charge in [0.1, 0.15) is 0 Å². The maximum Gasteiger partial charge on any atom is 0.200 e. The van der Waals surface area contributed by atoms with E-state index >= 15 is 0 Å². The molecule has 0 bridgehead atoms. The topological polar surface area (TPSA) is 29.5 Å². The minimum atomic E-state index is -1.74. The second kappa shape index (κ2) is 8.13. The lowest BCUT2D eigenvalue weighted by atomic mass is 10.2. The first-order valence-corrected chi connectivity index (χ1v) is 9.41. The molecular formula is C15H32O2Si. The highest BCUT2D eigenvalue weighted by atomic mass is 28.4. The zero-order chi connectivity index (χ0) is 14.3. The predicted octanol–water partition coefficient (Wildman–Crippen LogP) is 4.51. The largest absolute Gasteiger partial charge is 0.412 e. The molecule has 0 aromatic heterocycles. The van der Waals surface area contributed by atoms with E-state index in [1.165, 1.54) is 0 Å².